The Morgan fingerprint density at radius 3 is 2.07 bits per heavy atom. The van der Waals surface area contributed by atoms with Crippen molar-refractivity contribution < 1.29 is 17.3 Å². The Kier molecular flexibility index (Phi) is 9.49. The van der Waals surface area contributed by atoms with Crippen molar-refractivity contribution in [3.8, 4) is 0 Å². The second kappa shape index (κ2) is 9.39. The maximum atomic E-state index is 10.6. The molecule has 0 unspecified atom stereocenters. The topological polar surface area (TPSA) is 52.6 Å². The van der Waals surface area contributed by atoms with E-state index in [0.29, 0.717) is 18.9 Å². The molecule has 0 saturated heterocycles. The molecule has 0 aromatic heterocycles. The summed E-state index contributed by atoms with van der Waals surface area (Å²) in [6.45, 7) is 1.61. The van der Waals surface area contributed by atoms with Crippen LogP contribution in [-0.4, -0.2) is 40.4 Å². The summed E-state index contributed by atoms with van der Waals surface area (Å²) in [6.07, 6.45) is 4.51. The summed E-state index contributed by atoms with van der Waals surface area (Å²) in [7, 11) is -3.28. The molecule has 0 atom stereocenters. The van der Waals surface area contributed by atoms with Gasteiger partial charge in [-0.25, -0.2) is 0 Å². The lowest BCUT2D eigenvalue weighted by atomic mass is 10.3. The molecule has 0 spiro atoms. The number of hydrogen-bond acceptors (Lipinski definition) is 4. The number of halogens is 1. The van der Waals surface area contributed by atoms with Gasteiger partial charge in [0.1, 0.15) is 0 Å². The van der Waals surface area contributed by atoms with Crippen LogP contribution in [0.2, 0.25) is 0 Å². The van der Waals surface area contributed by atoms with E-state index in [4.69, 9.17) is 16.3 Å². The number of alkyl halides is 1. The van der Waals surface area contributed by atoms with E-state index < -0.39 is 10.1 Å². The van der Waals surface area contributed by atoms with Gasteiger partial charge in [-0.3, -0.25) is 4.18 Å². The first kappa shape index (κ1) is 15.2. The third kappa shape index (κ3) is 14.2. The molecule has 0 aromatic carbocycles. The van der Waals surface area contributed by atoms with Crippen molar-refractivity contribution in [3.05, 3.63) is 0 Å². The van der Waals surface area contributed by atoms with Crippen LogP contribution in [0.4, 0.5) is 0 Å². The van der Waals surface area contributed by atoms with Gasteiger partial charge in [0.05, 0.1) is 12.9 Å². The van der Waals surface area contributed by atoms with Gasteiger partial charge in [-0.05, 0) is 25.7 Å². The van der Waals surface area contributed by atoms with Crippen LogP contribution in [0, 0.1) is 0 Å². The largest absolute Gasteiger partial charge is 0.381 e. The Bertz CT molecular complexity index is 228. The lowest BCUT2D eigenvalue weighted by Crippen LogP contribution is -2.05. The highest BCUT2D eigenvalue weighted by Crippen LogP contribution is 1.97. The van der Waals surface area contributed by atoms with Crippen LogP contribution in [0.3, 0.4) is 0 Å². The van der Waals surface area contributed by atoms with E-state index in [0.717, 1.165) is 32.1 Å². The van der Waals surface area contributed by atoms with Gasteiger partial charge in [0.25, 0.3) is 10.1 Å². The maximum Gasteiger partial charge on any atom is 0.264 e. The molecule has 4 nitrogen and oxygen atoms in total. The van der Waals surface area contributed by atoms with Crippen molar-refractivity contribution in [2.45, 2.75) is 25.7 Å². The van der Waals surface area contributed by atoms with Crippen molar-refractivity contribution in [2.75, 3.05) is 32.0 Å². The van der Waals surface area contributed by atoms with E-state index in [2.05, 4.69) is 4.18 Å². The molecule has 6 heteroatoms. The molecule has 15 heavy (non-hydrogen) atoms. The van der Waals surface area contributed by atoms with Crippen LogP contribution in [0.25, 0.3) is 0 Å². The molecule has 0 aliphatic rings. The van der Waals surface area contributed by atoms with Gasteiger partial charge in [0, 0.05) is 19.1 Å². The summed E-state index contributed by atoms with van der Waals surface area (Å²) in [4.78, 5) is 0. The van der Waals surface area contributed by atoms with Gasteiger partial charge >= 0.3 is 0 Å². The van der Waals surface area contributed by atoms with E-state index in [9.17, 15) is 8.42 Å². The third-order valence-electron chi connectivity index (χ3n) is 1.65. The molecule has 0 amide bonds. The number of rotatable bonds is 10. The molecule has 0 heterocycles. The normalized spacial score (nSPS) is 11.9. The quantitative estimate of drug-likeness (QED) is 0.341. The lowest BCUT2D eigenvalue weighted by Gasteiger charge is -2.03. The smallest absolute Gasteiger partial charge is 0.264 e. The van der Waals surface area contributed by atoms with E-state index in [1.54, 1.807) is 0 Å². The SMILES string of the molecule is CS(=O)(=O)OCCCCOCCCCCl. The van der Waals surface area contributed by atoms with Gasteiger partial charge in [-0.1, -0.05) is 0 Å². The summed E-state index contributed by atoms with van der Waals surface area (Å²) in [5.74, 6) is 0.672. The van der Waals surface area contributed by atoms with Crippen molar-refractivity contribution >= 4 is 21.7 Å². The summed E-state index contributed by atoms with van der Waals surface area (Å²) < 4.78 is 31.0. The minimum atomic E-state index is -3.28. The Balaban J connectivity index is 3.06. The third-order valence-corrected chi connectivity index (χ3v) is 2.51. The van der Waals surface area contributed by atoms with Gasteiger partial charge in [-0.15, -0.1) is 11.6 Å². The zero-order valence-corrected chi connectivity index (χ0v) is 10.6. The zero-order valence-electron chi connectivity index (χ0n) is 9.08. The minimum Gasteiger partial charge on any atom is -0.381 e. The lowest BCUT2D eigenvalue weighted by molar-refractivity contribution is 0.124. The molecule has 0 N–H and O–H groups in total. The monoisotopic (exact) mass is 258 g/mol. The highest BCUT2D eigenvalue weighted by atomic mass is 35.5. The van der Waals surface area contributed by atoms with Crippen LogP contribution in [0.5, 0.6) is 0 Å². The Hall–Kier alpha value is 0.160. The van der Waals surface area contributed by atoms with Gasteiger partial charge in [0.15, 0.2) is 0 Å². The van der Waals surface area contributed by atoms with Crippen LogP contribution in [0.1, 0.15) is 25.7 Å². The zero-order chi connectivity index (χ0) is 11.6. The maximum absolute atomic E-state index is 10.6. The van der Waals surface area contributed by atoms with Crippen LogP contribution < -0.4 is 0 Å². The van der Waals surface area contributed by atoms with Crippen LogP contribution in [-0.2, 0) is 19.0 Å². The van der Waals surface area contributed by atoms with Crippen molar-refractivity contribution in [1.29, 1.82) is 0 Å². The van der Waals surface area contributed by atoms with E-state index >= 15 is 0 Å². The number of hydrogen-bond donors (Lipinski definition) is 0. The molecule has 0 aromatic rings. The molecular formula is C9H19ClO4S. The van der Waals surface area contributed by atoms with Crippen molar-refractivity contribution in [1.82, 2.24) is 0 Å². The van der Waals surface area contributed by atoms with E-state index in [1.165, 1.54) is 0 Å². The molecule has 0 fully saturated rings. The minimum absolute atomic E-state index is 0.240. The predicted molar refractivity (Wildman–Crippen MR) is 60.8 cm³/mol. The fraction of sp³-hybridized carbons (Fsp3) is 1.00. The molecule has 0 saturated carbocycles. The predicted octanol–water partition coefficient (Wildman–Crippen LogP) is 1.78. The second-order valence-corrected chi connectivity index (χ2v) is 5.26. The number of unbranched alkanes of at least 4 members (excludes halogenated alkanes) is 2. The molecule has 0 rings (SSSR count). The summed E-state index contributed by atoms with van der Waals surface area (Å²) in [5.41, 5.74) is 0. The van der Waals surface area contributed by atoms with Gasteiger partial charge < -0.3 is 4.74 Å². The molecular weight excluding hydrogens is 240 g/mol. The van der Waals surface area contributed by atoms with Gasteiger partial charge in [0.2, 0.25) is 0 Å². The fourth-order valence-corrected chi connectivity index (χ4v) is 1.53. The molecule has 0 aliphatic carbocycles. The molecule has 92 valence electrons. The summed E-state index contributed by atoms with van der Waals surface area (Å²) >= 11 is 5.50. The average Bonchev–Trinajstić information content (AvgIpc) is 2.14. The van der Waals surface area contributed by atoms with Crippen LogP contribution >= 0.6 is 11.6 Å². The van der Waals surface area contributed by atoms with E-state index in [1.807, 2.05) is 0 Å². The molecule has 0 bridgehead atoms. The Labute approximate surface area is 97.0 Å². The molecule has 0 radical (unpaired) electrons. The highest BCUT2D eigenvalue weighted by molar-refractivity contribution is 7.85. The summed E-state index contributed by atoms with van der Waals surface area (Å²) in [5, 5.41) is 0. The average molecular weight is 259 g/mol. The summed E-state index contributed by atoms with van der Waals surface area (Å²) in [6, 6.07) is 0. The number of ether oxygens (including phenoxy) is 1. The van der Waals surface area contributed by atoms with Crippen molar-refractivity contribution in [3.63, 3.8) is 0 Å². The standard InChI is InChI=1S/C9H19ClO4S/c1-15(11,12)14-9-5-4-8-13-7-3-2-6-10/h2-9H2,1H3. The van der Waals surface area contributed by atoms with Crippen molar-refractivity contribution in [2.24, 2.45) is 0 Å². The Morgan fingerprint density at radius 2 is 1.53 bits per heavy atom. The first-order valence-corrected chi connectivity index (χ1v) is 7.39. The molecule has 0 aliphatic heterocycles. The van der Waals surface area contributed by atoms with Crippen LogP contribution in [0.15, 0.2) is 0 Å². The first-order valence-electron chi connectivity index (χ1n) is 5.04. The van der Waals surface area contributed by atoms with E-state index in [-0.39, 0.29) is 6.61 Å². The fourth-order valence-electron chi connectivity index (χ4n) is 0.917. The highest BCUT2D eigenvalue weighted by Gasteiger charge is 1.99. The second-order valence-electron chi connectivity index (χ2n) is 3.24. The Morgan fingerprint density at radius 1 is 1.00 bits per heavy atom. The van der Waals surface area contributed by atoms with Gasteiger partial charge in [-0.2, -0.15) is 8.42 Å². The first-order chi connectivity index (χ1) is 7.06.